The molecule has 0 saturated heterocycles. The van der Waals surface area contributed by atoms with Crippen molar-refractivity contribution in [3.05, 3.63) is 82.8 Å². The van der Waals surface area contributed by atoms with E-state index in [1.54, 1.807) is 54.6 Å². The van der Waals surface area contributed by atoms with Crippen LogP contribution in [0.1, 0.15) is 5.76 Å². The zero-order chi connectivity index (χ0) is 18.5. The number of halogens is 2. The molecule has 0 radical (unpaired) electrons. The molecule has 3 aromatic rings. The number of para-hydroxylation sites is 1. The molecule has 0 unspecified atom stereocenters. The SMILES string of the molecule is N#C/C(=C\c1ccc(-c2ccccc2F)o1)C(=O)Nc1ccccc1Cl. The highest BCUT2D eigenvalue weighted by Crippen LogP contribution is 2.26. The molecule has 0 spiro atoms. The summed E-state index contributed by atoms with van der Waals surface area (Å²) in [6, 6.07) is 17.8. The summed E-state index contributed by atoms with van der Waals surface area (Å²) in [7, 11) is 0. The molecule has 3 rings (SSSR count). The van der Waals surface area contributed by atoms with Gasteiger partial charge in [0.15, 0.2) is 0 Å². The van der Waals surface area contributed by atoms with Gasteiger partial charge in [-0.2, -0.15) is 5.26 Å². The Hall–Kier alpha value is -3.36. The van der Waals surface area contributed by atoms with E-state index in [2.05, 4.69) is 5.32 Å². The average molecular weight is 367 g/mol. The van der Waals surface area contributed by atoms with E-state index >= 15 is 0 Å². The molecule has 1 heterocycles. The first-order chi connectivity index (χ1) is 12.6. The van der Waals surface area contributed by atoms with Crippen LogP contribution in [0.25, 0.3) is 17.4 Å². The molecule has 0 fully saturated rings. The second kappa shape index (κ2) is 7.68. The zero-order valence-electron chi connectivity index (χ0n) is 13.4. The average Bonchev–Trinajstić information content (AvgIpc) is 3.10. The van der Waals surface area contributed by atoms with Crippen molar-refractivity contribution >= 4 is 29.3 Å². The molecule has 0 aliphatic rings. The summed E-state index contributed by atoms with van der Waals surface area (Å²) in [6.45, 7) is 0. The second-order valence-corrected chi connectivity index (χ2v) is 5.69. The van der Waals surface area contributed by atoms with Crippen LogP contribution in [0.5, 0.6) is 0 Å². The summed E-state index contributed by atoms with van der Waals surface area (Å²) in [4.78, 5) is 12.3. The van der Waals surface area contributed by atoms with Crippen LogP contribution in [-0.2, 0) is 4.79 Å². The van der Waals surface area contributed by atoms with Gasteiger partial charge in [0, 0.05) is 6.08 Å². The summed E-state index contributed by atoms with van der Waals surface area (Å²) in [6.07, 6.45) is 1.29. The molecule has 128 valence electrons. The van der Waals surface area contributed by atoms with Crippen molar-refractivity contribution < 1.29 is 13.6 Å². The summed E-state index contributed by atoms with van der Waals surface area (Å²) >= 11 is 5.99. The van der Waals surface area contributed by atoms with E-state index in [1.807, 2.05) is 6.07 Å². The van der Waals surface area contributed by atoms with Crippen molar-refractivity contribution in [3.63, 3.8) is 0 Å². The van der Waals surface area contributed by atoms with Crippen LogP contribution >= 0.6 is 11.6 Å². The lowest BCUT2D eigenvalue weighted by molar-refractivity contribution is -0.112. The number of nitrogens with one attached hydrogen (secondary N) is 1. The molecular formula is C20H12ClFN2O2. The summed E-state index contributed by atoms with van der Waals surface area (Å²) in [5.74, 6) is -0.481. The number of carbonyl (C=O) groups excluding carboxylic acids is 1. The first kappa shape index (κ1) is 17.5. The Morgan fingerprint density at radius 2 is 1.85 bits per heavy atom. The predicted octanol–water partition coefficient (Wildman–Crippen LogP) is 5.28. The number of benzene rings is 2. The Morgan fingerprint density at radius 3 is 2.58 bits per heavy atom. The second-order valence-electron chi connectivity index (χ2n) is 5.29. The lowest BCUT2D eigenvalue weighted by atomic mass is 10.1. The maximum absolute atomic E-state index is 13.8. The van der Waals surface area contributed by atoms with E-state index in [1.165, 1.54) is 12.1 Å². The van der Waals surface area contributed by atoms with E-state index < -0.39 is 11.7 Å². The maximum Gasteiger partial charge on any atom is 0.266 e. The van der Waals surface area contributed by atoms with Crippen LogP contribution in [0.3, 0.4) is 0 Å². The number of nitrogens with zero attached hydrogens (tertiary/aromatic N) is 1. The third kappa shape index (κ3) is 3.82. The van der Waals surface area contributed by atoms with Crippen LogP contribution in [-0.4, -0.2) is 5.91 Å². The van der Waals surface area contributed by atoms with Gasteiger partial charge in [-0.15, -0.1) is 0 Å². The highest BCUT2D eigenvalue weighted by Gasteiger charge is 2.13. The van der Waals surface area contributed by atoms with Gasteiger partial charge in [-0.3, -0.25) is 4.79 Å². The van der Waals surface area contributed by atoms with Gasteiger partial charge >= 0.3 is 0 Å². The molecule has 1 amide bonds. The van der Waals surface area contributed by atoms with E-state index in [4.69, 9.17) is 16.0 Å². The van der Waals surface area contributed by atoms with Crippen molar-refractivity contribution in [2.24, 2.45) is 0 Å². The Morgan fingerprint density at radius 1 is 1.12 bits per heavy atom. The van der Waals surface area contributed by atoms with Crippen molar-refractivity contribution in [1.82, 2.24) is 0 Å². The van der Waals surface area contributed by atoms with Gasteiger partial charge in [-0.25, -0.2) is 4.39 Å². The molecule has 0 atom stereocenters. The molecule has 0 aliphatic carbocycles. The first-order valence-electron chi connectivity index (χ1n) is 7.61. The minimum Gasteiger partial charge on any atom is -0.457 e. The van der Waals surface area contributed by atoms with Gasteiger partial charge in [0.1, 0.15) is 29.0 Å². The normalized spacial score (nSPS) is 11.0. The standard InChI is InChI=1S/C20H12ClFN2O2/c21-16-6-2-4-8-18(16)24-20(25)13(12-23)11-14-9-10-19(26-14)15-5-1-3-7-17(15)22/h1-11H,(H,24,25)/b13-11+. The minimum atomic E-state index is -0.621. The zero-order valence-corrected chi connectivity index (χ0v) is 14.1. The highest BCUT2D eigenvalue weighted by atomic mass is 35.5. The molecule has 1 aromatic heterocycles. The van der Waals surface area contributed by atoms with Crippen molar-refractivity contribution in [3.8, 4) is 17.4 Å². The number of carbonyl (C=O) groups is 1. The summed E-state index contributed by atoms with van der Waals surface area (Å²) in [5, 5.41) is 12.2. The van der Waals surface area contributed by atoms with Gasteiger partial charge < -0.3 is 9.73 Å². The Kier molecular flexibility index (Phi) is 5.16. The van der Waals surface area contributed by atoms with Gasteiger partial charge in [0.05, 0.1) is 16.3 Å². The summed E-state index contributed by atoms with van der Waals surface area (Å²) < 4.78 is 19.4. The van der Waals surface area contributed by atoms with Crippen LogP contribution in [0.2, 0.25) is 5.02 Å². The van der Waals surface area contributed by atoms with Crippen molar-refractivity contribution in [1.29, 1.82) is 5.26 Å². The molecule has 6 heteroatoms. The Balaban J connectivity index is 1.84. The van der Waals surface area contributed by atoms with Gasteiger partial charge in [-0.1, -0.05) is 35.9 Å². The van der Waals surface area contributed by atoms with Gasteiger partial charge in [0.25, 0.3) is 5.91 Å². The maximum atomic E-state index is 13.8. The van der Waals surface area contributed by atoms with E-state index in [9.17, 15) is 14.4 Å². The predicted molar refractivity (Wildman–Crippen MR) is 97.8 cm³/mol. The minimum absolute atomic E-state index is 0.167. The largest absolute Gasteiger partial charge is 0.457 e. The van der Waals surface area contributed by atoms with Crippen LogP contribution < -0.4 is 5.32 Å². The fraction of sp³-hybridized carbons (Fsp3) is 0. The molecule has 0 saturated carbocycles. The lowest BCUT2D eigenvalue weighted by Gasteiger charge is -2.05. The number of hydrogen-bond acceptors (Lipinski definition) is 3. The molecule has 4 nitrogen and oxygen atoms in total. The molecule has 0 bridgehead atoms. The molecule has 1 N–H and O–H groups in total. The smallest absolute Gasteiger partial charge is 0.266 e. The fourth-order valence-corrected chi connectivity index (χ4v) is 2.46. The number of nitriles is 1. The van der Waals surface area contributed by atoms with Crippen LogP contribution in [0.4, 0.5) is 10.1 Å². The first-order valence-corrected chi connectivity index (χ1v) is 7.98. The van der Waals surface area contributed by atoms with Crippen LogP contribution in [0, 0.1) is 17.1 Å². The lowest BCUT2D eigenvalue weighted by Crippen LogP contribution is -2.13. The van der Waals surface area contributed by atoms with Gasteiger partial charge in [-0.05, 0) is 36.4 Å². The summed E-state index contributed by atoms with van der Waals surface area (Å²) in [5.41, 5.74) is 0.525. The quantitative estimate of drug-likeness (QED) is 0.504. The van der Waals surface area contributed by atoms with E-state index in [-0.39, 0.29) is 11.3 Å². The fourth-order valence-electron chi connectivity index (χ4n) is 2.28. The third-order valence-corrected chi connectivity index (χ3v) is 3.87. The number of furan rings is 1. The number of amides is 1. The molecule has 0 aliphatic heterocycles. The third-order valence-electron chi connectivity index (χ3n) is 3.54. The number of anilines is 1. The number of hydrogen-bond donors (Lipinski definition) is 1. The molecular weight excluding hydrogens is 355 g/mol. The van der Waals surface area contributed by atoms with Gasteiger partial charge in [0.2, 0.25) is 0 Å². The molecule has 26 heavy (non-hydrogen) atoms. The highest BCUT2D eigenvalue weighted by molar-refractivity contribution is 6.34. The topological polar surface area (TPSA) is 66.0 Å². The van der Waals surface area contributed by atoms with Crippen molar-refractivity contribution in [2.45, 2.75) is 0 Å². The van der Waals surface area contributed by atoms with E-state index in [0.717, 1.165) is 0 Å². The van der Waals surface area contributed by atoms with E-state index in [0.29, 0.717) is 22.0 Å². The Labute approximate surface area is 154 Å². The Bertz CT molecular complexity index is 1030. The van der Waals surface area contributed by atoms with Crippen molar-refractivity contribution in [2.75, 3.05) is 5.32 Å². The number of rotatable bonds is 4. The van der Waals surface area contributed by atoms with Crippen LogP contribution in [0.15, 0.2) is 70.7 Å². The molecule has 2 aromatic carbocycles. The monoisotopic (exact) mass is 366 g/mol.